The molecular weight excluding hydrogens is 363 g/mol. The van der Waals surface area contributed by atoms with Gasteiger partial charge in [0.05, 0.1) is 11.1 Å². The lowest BCUT2D eigenvalue weighted by atomic mass is 10.2. The van der Waals surface area contributed by atoms with Crippen molar-refractivity contribution in [2.24, 2.45) is 0 Å². The third kappa shape index (κ3) is 3.11. The summed E-state index contributed by atoms with van der Waals surface area (Å²) in [5.41, 5.74) is 0.571. The molecule has 0 fully saturated rings. The van der Waals surface area contributed by atoms with Gasteiger partial charge in [0, 0.05) is 16.2 Å². The van der Waals surface area contributed by atoms with Crippen LogP contribution in [0.5, 0.6) is 0 Å². The second-order valence-electron chi connectivity index (χ2n) is 3.90. The monoisotopic (exact) mass is 372 g/mol. The van der Waals surface area contributed by atoms with Crippen molar-refractivity contribution in [3.8, 4) is 0 Å². The Morgan fingerprint density at radius 3 is 2.53 bits per heavy atom. The van der Waals surface area contributed by atoms with Crippen molar-refractivity contribution in [2.45, 2.75) is 6.54 Å². The van der Waals surface area contributed by atoms with E-state index in [0.29, 0.717) is 0 Å². The molecule has 0 radical (unpaired) electrons. The molecule has 7 heteroatoms. The molecule has 0 saturated heterocycles. The van der Waals surface area contributed by atoms with E-state index in [4.69, 9.17) is 5.11 Å². The van der Waals surface area contributed by atoms with Gasteiger partial charge in [0.15, 0.2) is 0 Å². The van der Waals surface area contributed by atoms with Crippen molar-refractivity contribution in [1.29, 1.82) is 0 Å². The van der Waals surface area contributed by atoms with E-state index in [2.05, 4.69) is 22.6 Å². The zero-order valence-corrected chi connectivity index (χ0v) is 11.8. The third-order valence-electron chi connectivity index (χ3n) is 2.58. The molecule has 0 saturated carbocycles. The van der Waals surface area contributed by atoms with Crippen molar-refractivity contribution in [2.75, 3.05) is 0 Å². The van der Waals surface area contributed by atoms with Crippen molar-refractivity contribution in [3.63, 3.8) is 0 Å². The summed E-state index contributed by atoms with van der Waals surface area (Å²) >= 11 is 2.17. The summed E-state index contributed by atoms with van der Waals surface area (Å²) in [6, 6.07) is 8.58. The molecule has 0 spiro atoms. The number of benzene rings is 1. The number of carboxylic acid groups (broad SMARTS) is 1. The first-order chi connectivity index (χ1) is 8.97. The number of carbonyl (C=O) groups is 1. The second kappa shape index (κ2) is 5.39. The normalized spacial score (nSPS) is 10.4. The highest BCUT2D eigenvalue weighted by Gasteiger charge is 2.18. The molecule has 2 aromatic rings. The number of hydrogen-bond donors (Lipinski definition) is 1. The average molecular weight is 372 g/mol. The van der Waals surface area contributed by atoms with Gasteiger partial charge in [0.25, 0.3) is 5.69 Å². The molecule has 0 aliphatic carbocycles. The van der Waals surface area contributed by atoms with E-state index in [1.807, 2.05) is 24.3 Å². The van der Waals surface area contributed by atoms with E-state index in [1.165, 1.54) is 10.8 Å². The van der Waals surface area contributed by atoms with Gasteiger partial charge in [0.1, 0.15) is 5.69 Å². The van der Waals surface area contributed by atoms with Gasteiger partial charge < -0.3 is 9.67 Å². The maximum atomic E-state index is 11.1. The van der Waals surface area contributed by atoms with Gasteiger partial charge in [-0.15, -0.1) is 0 Å². The smallest absolute Gasteiger partial charge is 0.352 e. The van der Waals surface area contributed by atoms with E-state index in [1.54, 1.807) is 0 Å². The molecule has 0 atom stereocenters. The SMILES string of the molecule is O=C(O)c1cc([N+](=O)[O-])cn1Cc1ccc(I)cc1. The van der Waals surface area contributed by atoms with Gasteiger partial charge in [-0.3, -0.25) is 10.1 Å². The van der Waals surface area contributed by atoms with Gasteiger partial charge >= 0.3 is 5.97 Å². The predicted molar refractivity (Wildman–Crippen MR) is 76.3 cm³/mol. The molecular formula is C12H9IN2O4. The fourth-order valence-corrected chi connectivity index (χ4v) is 2.05. The van der Waals surface area contributed by atoms with Crippen LogP contribution in [-0.2, 0) is 6.54 Å². The van der Waals surface area contributed by atoms with Crippen LogP contribution in [0, 0.1) is 13.7 Å². The molecule has 6 nitrogen and oxygen atoms in total. The van der Waals surface area contributed by atoms with Crippen LogP contribution in [-0.4, -0.2) is 20.6 Å². The number of hydrogen-bond acceptors (Lipinski definition) is 3. The maximum absolute atomic E-state index is 11.1. The van der Waals surface area contributed by atoms with E-state index in [0.717, 1.165) is 15.2 Å². The molecule has 1 aromatic heterocycles. The molecule has 0 aliphatic heterocycles. The molecule has 0 amide bonds. The summed E-state index contributed by atoms with van der Waals surface area (Å²) < 4.78 is 2.43. The lowest BCUT2D eigenvalue weighted by molar-refractivity contribution is -0.384. The third-order valence-corrected chi connectivity index (χ3v) is 3.30. The first-order valence-corrected chi connectivity index (χ1v) is 6.37. The van der Waals surface area contributed by atoms with Crippen molar-refractivity contribution < 1.29 is 14.8 Å². The molecule has 0 unspecified atom stereocenters. The molecule has 1 N–H and O–H groups in total. The summed E-state index contributed by atoms with van der Waals surface area (Å²) in [7, 11) is 0. The topological polar surface area (TPSA) is 85.4 Å². The molecule has 1 heterocycles. The molecule has 0 bridgehead atoms. The largest absolute Gasteiger partial charge is 0.477 e. The van der Waals surface area contributed by atoms with E-state index in [9.17, 15) is 14.9 Å². The van der Waals surface area contributed by atoms with Crippen LogP contribution in [0.1, 0.15) is 16.1 Å². The van der Waals surface area contributed by atoms with Crippen LogP contribution < -0.4 is 0 Å². The number of nitrogens with zero attached hydrogens (tertiary/aromatic N) is 2. The highest BCUT2D eigenvalue weighted by molar-refractivity contribution is 14.1. The molecule has 19 heavy (non-hydrogen) atoms. The Morgan fingerprint density at radius 2 is 2.00 bits per heavy atom. The quantitative estimate of drug-likeness (QED) is 0.508. The molecule has 1 aromatic carbocycles. The van der Waals surface area contributed by atoms with Gasteiger partial charge in [0.2, 0.25) is 0 Å². The van der Waals surface area contributed by atoms with E-state index >= 15 is 0 Å². The minimum absolute atomic E-state index is 0.0924. The maximum Gasteiger partial charge on any atom is 0.352 e. The number of aromatic nitrogens is 1. The number of halogens is 1. The summed E-state index contributed by atoms with van der Waals surface area (Å²) in [5, 5.41) is 19.7. The lowest BCUT2D eigenvalue weighted by Gasteiger charge is -2.05. The number of rotatable bonds is 4. The Hall–Kier alpha value is -1.90. The Morgan fingerprint density at radius 1 is 1.37 bits per heavy atom. The number of nitro groups is 1. The highest BCUT2D eigenvalue weighted by Crippen LogP contribution is 2.18. The summed E-state index contributed by atoms with van der Waals surface area (Å²) in [4.78, 5) is 21.1. The molecule has 2 rings (SSSR count). The molecule has 0 aliphatic rings. The van der Waals surface area contributed by atoms with Crippen LogP contribution in [0.3, 0.4) is 0 Å². The summed E-state index contributed by atoms with van der Waals surface area (Å²) in [6.07, 6.45) is 1.24. The zero-order chi connectivity index (χ0) is 14.0. The summed E-state index contributed by atoms with van der Waals surface area (Å²) in [6.45, 7) is 0.284. The highest BCUT2D eigenvalue weighted by atomic mass is 127. The van der Waals surface area contributed by atoms with Crippen molar-refractivity contribution >= 4 is 34.2 Å². The standard InChI is InChI=1S/C12H9IN2O4/c13-9-3-1-8(2-4-9)6-14-7-10(15(18)19)5-11(14)12(16)17/h1-5,7H,6H2,(H,16,17). The lowest BCUT2D eigenvalue weighted by Crippen LogP contribution is -2.08. The fraction of sp³-hybridized carbons (Fsp3) is 0.0833. The predicted octanol–water partition coefficient (Wildman–Crippen LogP) is 2.75. The Labute approximate surface area is 122 Å². The number of carboxylic acids is 1. The minimum atomic E-state index is -1.18. The number of aromatic carboxylic acids is 1. The van der Waals surface area contributed by atoms with Crippen molar-refractivity contribution in [3.05, 3.63) is 61.5 Å². The van der Waals surface area contributed by atoms with Crippen molar-refractivity contribution in [1.82, 2.24) is 4.57 Å². The van der Waals surface area contributed by atoms with Crippen LogP contribution in [0.2, 0.25) is 0 Å². The summed E-state index contributed by atoms with van der Waals surface area (Å²) in [5.74, 6) is -1.18. The van der Waals surface area contributed by atoms with Crippen LogP contribution in [0.4, 0.5) is 5.69 Å². The van der Waals surface area contributed by atoms with Crippen LogP contribution in [0.15, 0.2) is 36.5 Å². The van der Waals surface area contributed by atoms with Crippen LogP contribution in [0.25, 0.3) is 0 Å². The van der Waals surface area contributed by atoms with Gasteiger partial charge in [-0.05, 0) is 40.3 Å². The Kier molecular flexibility index (Phi) is 3.84. The van der Waals surface area contributed by atoms with E-state index in [-0.39, 0.29) is 17.9 Å². The fourth-order valence-electron chi connectivity index (χ4n) is 1.69. The van der Waals surface area contributed by atoms with Gasteiger partial charge in [-0.2, -0.15) is 0 Å². The zero-order valence-electron chi connectivity index (χ0n) is 9.62. The first-order valence-electron chi connectivity index (χ1n) is 5.29. The molecule has 98 valence electrons. The second-order valence-corrected chi connectivity index (χ2v) is 5.15. The Bertz CT molecular complexity index is 634. The first kappa shape index (κ1) is 13.5. The minimum Gasteiger partial charge on any atom is -0.477 e. The Balaban J connectivity index is 2.35. The van der Waals surface area contributed by atoms with E-state index < -0.39 is 10.9 Å². The average Bonchev–Trinajstić information content (AvgIpc) is 2.76. The van der Waals surface area contributed by atoms with Gasteiger partial charge in [-0.1, -0.05) is 12.1 Å². The van der Waals surface area contributed by atoms with Gasteiger partial charge in [-0.25, -0.2) is 4.79 Å². The van der Waals surface area contributed by atoms with Crippen LogP contribution >= 0.6 is 22.6 Å².